The van der Waals surface area contributed by atoms with E-state index in [2.05, 4.69) is 218 Å². The summed E-state index contributed by atoms with van der Waals surface area (Å²) in [6.07, 6.45) is 0. The van der Waals surface area contributed by atoms with Crippen LogP contribution < -0.4 is 4.90 Å². The maximum Gasteiger partial charge on any atom is 0.0543 e. The molecule has 0 saturated heterocycles. The molecule has 0 fully saturated rings. The van der Waals surface area contributed by atoms with E-state index >= 15 is 0 Å². The Bertz CT molecular complexity index is 2790. The first kappa shape index (κ1) is 31.1. The maximum absolute atomic E-state index is 2.54. The Kier molecular flexibility index (Phi) is 7.33. The molecule has 1 heteroatoms. The van der Waals surface area contributed by atoms with Crippen LogP contribution in [-0.2, 0) is 5.41 Å². The van der Waals surface area contributed by atoms with Gasteiger partial charge < -0.3 is 4.90 Å². The molecule has 9 aromatic rings. The Morgan fingerprint density at radius 1 is 0.358 bits per heavy atom. The monoisotopic (exact) mass is 675 g/mol. The largest absolute Gasteiger partial charge is 0.309 e. The number of benzene rings is 9. The number of nitrogens with zero attached hydrogens (tertiary/aromatic N) is 1. The van der Waals surface area contributed by atoms with Gasteiger partial charge in [-0.05, 0) is 80.2 Å². The quantitative estimate of drug-likeness (QED) is 0.170. The fourth-order valence-corrected chi connectivity index (χ4v) is 8.90. The van der Waals surface area contributed by atoms with Crippen molar-refractivity contribution in [2.24, 2.45) is 0 Å². The summed E-state index contributed by atoms with van der Waals surface area (Å²) in [5.41, 5.74) is 14.5. The third-order valence-corrected chi connectivity index (χ3v) is 11.3. The van der Waals surface area contributed by atoms with Crippen molar-refractivity contribution in [2.45, 2.75) is 12.3 Å². The van der Waals surface area contributed by atoms with E-state index in [1.165, 1.54) is 77.3 Å². The average molecular weight is 676 g/mol. The van der Waals surface area contributed by atoms with Crippen LogP contribution in [0.4, 0.5) is 17.1 Å². The van der Waals surface area contributed by atoms with Crippen LogP contribution in [0.1, 0.15) is 23.6 Å². The van der Waals surface area contributed by atoms with Gasteiger partial charge in [0.25, 0.3) is 0 Å². The Labute approximate surface area is 311 Å². The second-order valence-corrected chi connectivity index (χ2v) is 14.2. The third-order valence-electron chi connectivity index (χ3n) is 11.3. The summed E-state index contributed by atoms with van der Waals surface area (Å²) in [4.78, 5) is 2.54. The molecule has 9 aromatic carbocycles. The van der Waals surface area contributed by atoms with Crippen LogP contribution in [0.5, 0.6) is 0 Å². The van der Waals surface area contributed by atoms with Gasteiger partial charge in [-0.3, -0.25) is 0 Å². The van der Waals surface area contributed by atoms with Crippen molar-refractivity contribution in [1.29, 1.82) is 0 Å². The summed E-state index contributed by atoms with van der Waals surface area (Å²) in [5, 5.41) is 4.91. The fraction of sp³-hybridized carbons (Fsp3) is 0.0385. The Morgan fingerprint density at radius 2 is 0.887 bits per heavy atom. The molecule has 1 unspecified atom stereocenters. The van der Waals surface area contributed by atoms with E-state index in [4.69, 9.17) is 0 Å². The lowest BCUT2D eigenvalue weighted by Gasteiger charge is -2.32. The number of anilines is 3. The van der Waals surface area contributed by atoms with Crippen LogP contribution in [0.25, 0.3) is 54.9 Å². The highest BCUT2D eigenvalue weighted by atomic mass is 15.1. The van der Waals surface area contributed by atoms with Gasteiger partial charge in [0.05, 0.1) is 17.1 Å². The second kappa shape index (κ2) is 12.5. The zero-order valence-corrected chi connectivity index (χ0v) is 29.6. The van der Waals surface area contributed by atoms with E-state index in [0.29, 0.717) is 0 Å². The average Bonchev–Trinajstić information content (AvgIpc) is 3.50. The lowest BCUT2D eigenvalue weighted by molar-refractivity contribution is 0.714. The van der Waals surface area contributed by atoms with Gasteiger partial charge in [0.2, 0.25) is 0 Å². The molecular weight excluding hydrogens is 639 g/mol. The predicted octanol–water partition coefficient (Wildman–Crippen LogP) is 14.1. The van der Waals surface area contributed by atoms with E-state index in [9.17, 15) is 0 Å². The molecule has 0 aliphatic heterocycles. The molecule has 0 aromatic heterocycles. The van der Waals surface area contributed by atoms with Gasteiger partial charge in [-0.1, -0.05) is 188 Å². The van der Waals surface area contributed by atoms with Gasteiger partial charge in [0, 0.05) is 21.9 Å². The number of hydrogen-bond donors (Lipinski definition) is 0. The van der Waals surface area contributed by atoms with Gasteiger partial charge >= 0.3 is 0 Å². The zero-order valence-electron chi connectivity index (χ0n) is 29.6. The van der Waals surface area contributed by atoms with Crippen LogP contribution in [0.2, 0.25) is 0 Å². The molecule has 1 aliphatic carbocycles. The van der Waals surface area contributed by atoms with Crippen molar-refractivity contribution in [3.8, 4) is 33.4 Å². The lowest BCUT2D eigenvalue weighted by Crippen LogP contribution is -2.22. The summed E-state index contributed by atoms with van der Waals surface area (Å²) in [6, 6.07) is 75.6. The summed E-state index contributed by atoms with van der Waals surface area (Å²) < 4.78 is 0. The highest BCUT2D eigenvalue weighted by Crippen LogP contribution is 2.57. The molecule has 0 radical (unpaired) electrons. The van der Waals surface area contributed by atoms with Gasteiger partial charge in [-0.2, -0.15) is 0 Å². The minimum atomic E-state index is -0.312. The Balaban J connectivity index is 1.30. The van der Waals surface area contributed by atoms with Crippen LogP contribution in [-0.4, -0.2) is 0 Å². The zero-order chi connectivity index (χ0) is 35.4. The number of fused-ring (bicyclic) bond motifs is 5. The van der Waals surface area contributed by atoms with E-state index in [1.54, 1.807) is 0 Å². The van der Waals surface area contributed by atoms with Crippen molar-refractivity contribution < 1.29 is 0 Å². The summed E-state index contributed by atoms with van der Waals surface area (Å²) in [7, 11) is 0. The molecule has 0 spiro atoms. The maximum atomic E-state index is 2.54. The molecule has 0 bridgehead atoms. The van der Waals surface area contributed by atoms with E-state index in [1.807, 2.05) is 0 Å². The molecule has 250 valence electrons. The minimum absolute atomic E-state index is 0.312. The van der Waals surface area contributed by atoms with Crippen molar-refractivity contribution in [3.05, 3.63) is 223 Å². The first-order chi connectivity index (χ1) is 26.2. The van der Waals surface area contributed by atoms with E-state index in [-0.39, 0.29) is 5.41 Å². The van der Waals surface area contributed by atoms with Gasteiger partial charge in [-0.15, -0.1) is 0 Å². The first-order valence-electron chi connectivity index (χ1n) is 18.5. The van der Waals surface area contributed by atoms with Crippen molar-refractivity contribution in [2.75, 3.05) is 4.90 Å². The predicted molar refractivity (Wildman–Crippen MR) is 224 cm³/mol. The standard InChI is InChI=1S/C52H37N/c1-52(39-24-6-3-7-25-39)45-31-12-10-28-44(45)51-46(52)32-17-35-49(51)53(47-34-16-21-36-20-8-9-26-40(36)47)48-33-13-11-27-42(48)43-30-15-23-38-22-14-29-41(50(38)43)37-18-4-2-5-19-37/h2-35H,1H3. The van der Waals surface area contributed by atoms with Crippen LogP contribution >= 0.6 is 0 Å². The van der Waals surface area contributed by atoms with Crippen molar-refractivity contribution >= 4 is 38.6 Å². The smallest absolute Gasteiger partial charge is 0.0543 e. The van der Waals surface area contributed by atoms with Gasteiger partial charge in [0.1, 0.15) is 0 Å². The third kappa shape index (κ3) is 4.85. The molecule has 1 nitrogen and oxygen atoms in total. The molecule has 0 N–H and O–H groups in total. The summed E-state index contributed by atoms with van der Waals surface area (Å²) in [6.45, 7) is 2.40. The van der Waals surface area contributed by atoms with Crippen LogP contribution in [0.15, 0.2) is 206 Å². The van der Waals surface area contributed by atoms with E-state index in [0.717, 1.165) is 11.4 Å². The molecule has 0 heterocycles. The molecule has 10 rings (SSSR count). The molecule has 53 heavy (non-hydrogen) atoms. The molecule has 1 atom stereocenters. The van der Waals surface area contributed by atoms with Gasteiger partial charge in [-0.25, -0.2) is 0 Å². The Morgan fingerprint density at radius 3 is 1.72 bits per heavy atom. The molecule has 0 amide bonds. The van der Waals surface area contributed by atoms with Crippen molar-refractivity contribution in [1.82, 2.24) is 0 Å². The van der Waals surface area contributed by atoms with Crippen LogP contribution in [0.3, 0.4) is 0 Å². The number of rotatable bonds is 6. The molecular formula is C52H37N. The van der Waals surface area contributed by atoms with E-state index < -0.39 is 0 Å². The molecule has 0 saturated carbocycles. The highest BCUT2D eigenvalue weighted by Gasteiger charge is 2.42. The number of hydrogen-bond acceptors (Lipinski definition) is 1. The minimum Gasteiger partial charge on any atom is -0.309 e. The van der Waals surface area contributed by atoms with Crippen molar-refractivity contribution in [3.63, 3.8) is 0 Å². The highest BCUT2D eigenvalue weighted by molar-refractivity contribution is 6.11. The van der Waals surface area contributed by atoms with Gasteiger partial charge in [0.15, 0.2) is 0 Å². The SMILES string of the molecule is CC1(c2ccccc2)c2ccccc2-c2c(N(c3ccccc3-c3cccc4cccc(-c5ccccc5)c34)c3cccc4ccccc34)cccc21. The fourth-order valence-electron chi connectivity index (χ4n) is 8.90. The number of para-hydroxylation sites is 1. The van der Waals surface area contributed by atoms with Crippen LogP contribution in [0, 0.1) is 0 Å². The molecule has 1 aliphatic rings. The normalized spacial score (nSPS) is 14.6. The Hall–Kier alpha value is -6.70. The lowest BCUT2D eigenvalue weighted by atomic mass is 9.74. The summed E-state index contributed by atoms with van der Waals surface area (Å²) >= 11 is 0. The topological polar surface area (TPSA) is 3.24 Å². The summed E-state index contributed by atoms with van der Waals surface area (Å²) in [5.74, 6) is 0. The second-order valence-electron chi connectivity index (χ2n) is 14.2. The first-order valence-corrected chi connectivity index (χ1v) is 18.5.